The van der Waals surface area contributed by atoms with E-state index in [1.54, 1.807) is 0 Å². The Kier molecular flexibility index (Phi) is 7.13. The standard InChI is InChI=1S/C10H24N2O2S/c1-5-7-15(13,14)8-6-11-9-10(2)12(3)4/h10-11H,5-9H2,1-4H3. The highest BCUT2D eigenvalue weighted by Gasteiger charge is 2.09. The highest BCUT2D eigenvalue weighted by Crippen LogP contribution is 1.93. The lowest BCUT2D eigenvalue weighted by molar-refractivity contribution is 0.305. The van der Waals surface area contributed by atoms with Crippen LogP contribution < -0.4 is 5.32 Å². The largest absolute Gasteiger partial charge is 0.314 e. The summed E-state index contributed by atoms with van der Waals surface area (Å²) < 4.78 is 22.7. The molecule has 0 aliphatic carbocycles. The van der Waals surface area contributed by atoms with Crippen molar-refractivity contribution in [2.75, 3.05) is 38.7 Å². The van der Waals surface area contributed by atoms with E-state index in [9.17, 15) is 8.42 Å². The predicted octanol–water partition coefficient (Wildman–Crippen LogP) is 0.351. The van der Waals surface area contributed by atoms with Crippen molar-refractivity contribution in [2.24, 2.45) is 0 Å². The van der Waals surface area contributed by atoms with Crippen LogP contribution in [-0.2, 0) is 9.84 Å². The minimum absolute atomic E-state index is 0.251. The van der Waals surface area contributed by atoms with E-state index in [-0.39, 0.29) is 5.75 Å². The van der Waals surface area contributed by atoms with Crippen molar-refractivity contribution in [2.45, 2.75) is 26.3 Å². The first-order valence-electron chi connectivity index (χ1n) is 5.46. The van der Waals surface area contributed by atoms with Crippen LogP contribution in [0, 0.1) is 0 Å². The molecule has 0 aromatic carbocycles. The predicted molar refractivity (Wildman–Crippen MR) is 65.0 cm³/mol. The Hall–Kier alpha value is -0.130. The van der Waals surface area contributed by atoms with Gasteiger partial charge in [-0.25, -0.2) is 8.42 Å². The first kappa shape index (κ1) is 14.9. The van der Waals surface area contributed by atoms with Gasteiger partial charge in [0.25, 0.3) is 0 Å². The Morgan fingerprint density at radius 1 is 1.27 bits per heavy atom. The normalized spacial score (nSPS) is 14.5. The van der Waals surface area contributed by atoms with Gasteiger partial charge in [-0.2, -0.15) is 0 Å². The van der Waals surface area contributed by atoms with E-state index < -0.39 is 9.84 Å². The fourth-order valence-corrected chi connectivity index (χ4v) is 2.42. The number of nitrogens with one attached hydrogen (secondary N) is 1. The number of sulfone groups is 1. The summed E-state index contributed by atoms with van der Waals surface area (Å²) in [5, 5.41) is 3.16. The lowest BCUT2D eigenvalue weighted by Crippen LogP contribution is -2.37. The second-order valence-corrected chi connectivity index (χ2v) is 6.47. The van der Waals surface area contributed by atoms with E-state index in [1.165, 1.54) is 0 Å². The van der Waals surface area contributed by atoms with Gasteiger partial charge in [0.05, 0.1) is 5.75 Å². The van der Waals surface area contributed by atoms with Crippen molar-refractivity contribution < 1.29 is 8.42 Å². The first-order valence-corrected chi connectivity index (χ1v) is 7.28. The maximum absolute atomic E-state index is 11.4. The molecule has 92 valence electrons. The van der Waals surface area contributed by atoms with Crippen LogP contribution in [0.2, 0.25) is 0 Å². The van der Waals surface area contributed by atoms with Gasteiger partial charge in [-0.3, -0.25) is 0 Å². The fraction of sp³-hybridized carbons (Fsp3) is 1.00. The maximum Gasteiger partial charge on any atom is 0.151 e. The number of hydrogen-bond donors (Lipinski definition) is 1. The van der Waals surface area contributed by atoms with Crippen LogP contribution in [0.25, 0.3) is 0 Å². The van der Waals surface area contributed by atoms with Gasteiger partial charge in [0.1, 0.15) is 0 Å². The SMILES string of the molecule is CCCS(=O)(=O)CCNCC(C)N(C)C. The van der Waals surface area contributed by atoms with Crippen LogP contribution in [0.15, 0.2) is 0 Å². The summed E-state index contributed by atoms with van der Waals surface area (Å²) >= 11 is 0. The average molecular weight is 236 g/mol. The molecule has 0 aliphatic heterocycles. The van der Waals surface area contributed by atoms with Crippen LogP contribution in [0.3, 0.4) is 0 Å². The molecule has 4 nitrogen and oxygen atoms in total. The van der Waals surface area contributed by atoms with Gasteiger partial charge in [0, 0.05) is 24.9 Å². The molecule has 0 aromatic rings. The van der Waals surface area contributed by atoms with Crippen LogP contribution in [0.5, 0.6) is 0 Å². The molecule has 1 N–H and O–H groups in total. The molecule has 0 bridgehead atoms. The fourth-order valence-electron chi connectivity index (χ4n) is 1.13. The monoisotopic (exact) mass is 236 g/mol. The molecular formula is C10H24N2O2S. The van der Waals surface area contributed by atoms with Crippen molar-refractivity contribution in [1.82, 2.24) is 10.2 Å². The molecule has 0 heterocycles. The zero-order valence-corrected chi connectivity index (χ0v) is 11.1. The molecule has 15 heavy (non-hydrogen) atoms. The van der Waals surface area contributed by atoms with Crippen LogP contribution >= 0.6 is 0 Å². The molecule has 1 atom stereocenters. The summed E-state index contributed by atoms with van der Waals surface area (Å²) in [7, 11) is 1.20. The molecule has 5 heteroatoms. The molecule has 0 radical (unpaired) electrons. The van der Waals surface area contributed by atoms with Gasteiger partial charge in [-0.1, -0.05) is 6.92 Å². The van der Waals surface area contributed by atoms with Crippen LogP contribution in [0.4, 0.5) is 0 Å². The second kappa shape index (κ2) is 7.19. The zero-order valence-electron chi connectivity index (χ0n) is 10.3. The number of nitrogens with zero attached hydrogens (tertiary/aromatic N) is 1. The Bertz CT molecular complexity index is 250. The highest BCUT2D eigenvalue weighted by atomic mass is 32.2. The van der Waals surface area contributed by atoms with E-state index >= 15 is 0 Å². The third kappa shape index (κ3) is 7.76. The summed E-state index contributed by atoms with van der Waals surface area (Å²) in [5.74, 6) is 0.554. The molecule has 0 rings (SSSR count). The molecule has 0 aliphatic rings. The molecule has 0 fully saturated rings. The number of likely N-dealkylation sites (N-methyl/N-ethyl adjacent to an activating group) is 1. The van der Waals surface area contributed by atoms with E-state index in [4.69, 9.17) is 0 Å². The summed E-state index contributed by atoms with van der Waals surface area (Å²) in [6.07, 6.45) is 0.705. The summed E-state index contributed by atoms with van der Waals surface area (Å²) in [5.41, 5.74) is 0. The third-order valence-corrected chi connectivity index (χ3v) is 4.28. The average Bonchev–Trinajstić information content (AvgIpc) is 2.11. The van der Waals surface area contributed by atoms with E-state index in [0.717, 1.165) is 6.54 Å². The van der Waals surface area contributed by atoms with E-state index in [2.05, 4.69) is 17.1 Å². The third-order valence-electron chi connectivity index (χ3n) is 2.43. The van der Waals surface area contributed by atoms with E-state index in [1.807, 2.05) is 21.0 Å². The molecule has 1 unspecified atom stereocenters. The topological polar surface area (TPSA) is 49.4 Å². The van der Waals surface area contributed by atoms with Crippen molar-refractivity contribution in [3.63, 3.8) is 0 Å². The number of hydrogen-bond acceptors (Lipinski definition) is 4. The van der Waals surface area contributed by atoms with Gasteiger partial charge in [-0.05, 0) is 27.4 Å². The smallest absolute Gasteiger partial charge is 0.151 e. The lowest BCUT2D eigenvalue weighted by atomic mass is 10.3. The van der Waals surface area contributed by atoms with Crippen molar-refractivity contribution >= 4 is 9.84 Å². The maximum atomic E-state index is 11.4. The molecule has 0 amide bonds. The Morgan fingerprint density at radius 3 is 2.33 bits per heavy atom. The minimum Gasteiger partial charge on any atom is -0.314 e. The van der Waals surface area contributed by atoms with Gasteiger partial charge in [-0.15, -0.1) is 0 Å². The van der Waals surface area contributed by atoms with Gasteiger partial charge in [0.15, 0.2) is 9.84 Å². The molecule has 0 spiro atoms. The van der Waals surface area contributed by atoms with Gasteiger partial charge in [0.2, 0.25) is 0 Å². The molecule has 0 aromatic heterocycles. The number of rotatable bonds is 8. The van der Waals surface area contributed by atoms with Crippen molar-refractivity contribution in [3.05, 3.63) is 0 Å². The van der Waals surface area contributed by atoms with Crippen LogP contribution in [-0.4, -0.2) is 58.1 Å². The summed E-state index contributed by atoms with van der Waals surface area (Å²) in [4.78, 5) is 2.10. The summed E-state index contributed by atoms with van der Waals surface area (Å²) in [6, 6.07) is 0.430. The minimum atomic E-state index is -2.83. The zero-order chi connectivity index (χ0) is 11.9. The molecular weight excluding hydrogens is 212 g/mol. The Morgan fingerprint density at radius 2 is 1.87 bits per heavy atom. The molecule has 0 saturated carbocycles. The quantitative estimate of drug-likeness (QED) is 0.618. The highest BCUT2D eigenvalue weighted by molar-refractivity contribution is 7.91. The van der Waals surface area contributed by atoms with Crippen molar-refractivity contribution in [3.8, 4) is 0 Å². The molecule has 0 saturated heterocycles. The van der Waals surface area contributed by atoms with Gasteiger partial charge >= 0.3 is 0 Å². The summed E-state index contributed by atoms with van der Waals surface area (Å²) in [6.45, 7) is 5.38. The lowest BCUT2D eigenvalue weighted by Gasteiger charge is -2.19. The Balaban J connectivity index is 3.63. The van der Waals surface area contributed by atoms with Crippen LogP contribution in [0.1, 0.15) is 20.3 Å². The van der Waals surface area contributed by atoms with Crippen molar-refractivity contribution in [1.29, 1.82) is 0 Å². The van der Waals surface area contributed by atoms with Gasteiger partial charge < -0.3 is 10.2 Å². The first-order chi connectivity index (χ1) is 6.89. The second-order valence-electron chi connectivity index (χ2n) is 4.17. The van der Waals surface area contributed by atoms with E-state index in [0.29, 0.717) is 24.8 Å². The Labute approximate surface area is 94.0 Å².